The van der Waals surface area contributed by atoms with Crippen LogP contribution in [0.2, 0.25) is 0 Å². The first-order valence-corrected chi connectivity index (χ1v) is 8.88. The fourth-order valence-corrected chi connectivity index (χ4v) is 4.11. The molecular weight excluding hydrogens is 292 g/mol. The molecule has 1 fully saturated rings. The summed E-state index contributed by atoms with van der Waals surface area (Å²) in [6.45, 7) is 7.61. The molecule has 0 unspecified atom stereocenters. The van der Waals surface area contributed by atoms with Crippen molar-refractivity contribution < 1.29 is 0 Å². The first kappa shape index (κ1) is 15.4. The number of nitrogens with two attached hydrogens (primary N) is 1. The number of nitrogens with zero attached hydrogens (tertiary/aromatic N) is 3. The Balaban J connectivity index is 1.66. The minimum absolute atomic E-state index is 0.518. The number of piperidine rings is 1. The van der Waals surface area contributed by atoms with Crippen molar-refractivity contribution in [3.8, 4) is 0 Å². The Kier molecular flexibility index (Phi) is 4.74. The summed E-state index contributed by atoms with van der Waals surface area (Å²) in [5.74, 6) is 1.70. The van der Waals surface area contributed by atoms with Crippen LogP contribution >= 0.6 is 11.3 Å². The maximum absolute atomic E-state index is 5.78. The lowest BCUT2D eigenvalue weighted by atomic mass is 9.98. The van der Waals surface area contributed by atoms with Gasteiger partial charge in [0.1, 0.15) is 5.82 Å². The molecule has 2 aromatic rings. The molecule has 1 aliphatic heterocycles. The van der Waals surface area contributed by atoms with Gasteiger partial charge < -0.3 is 5.73 Å². The molecule has 5 heteroatoms. The molecule has 1 aliphatic rings. The molecule has 0 bridgehead atoms. The van der Waals surface area contributed by atoms with Gasteiger partial charge in [0.25, 0.3) is 0 Å². The highest BCUT2D eigenvalue weighted by Gasteiger charge is 2.24. The number of likely N-dealkylation sites (tertiary alicyclic amines) is 1. The third-order valence-corrected chi connectivity index (χ3v) is 5.26. The number of aromatic nitrogens is 2. The van der Waals surface area contributed by atoms with E-state index in [1.807, 2.05) is 17.4 Å². The summed E-state index contributed by atoms with van der Waals surface area (Å²) in [6.07, 6.45) is 4.28. The molecule has 1 atom stereocenters. The summed E-state index contributed by atoms with van der Waals surface area (Å²) in [5.41, 5.74) is 8.26. The lowest BCUT2D eigenvalue weighted by Gasteiger charge is -2.31. The van der Waals surface area contributed by atoms with Crippen LogP contribution in [0.3, 0.4) is 0 Å². The van der Waals surface area contributed by atoms with E-state index in [0.29, 0.717) is 17.7 Å². The van der Waals surface area contributed by atoms with Gasteiger partial charge in [0.2, 0.25) is 0 Å². The van der Waals surface area contributed by atoms with E-state index in [-0.39, 0.29) is 0 Å². The zero-order chi connectivity index (χ0) is 15.5. The van der Waals surface area contributed by atoms with E-state index in [1.165, 1.54) is 29.1 Å². The van der Waals surface area contributed by atoms with Crippen LogP contribution in [0.25, 0.3) is 0 Å². The van der Waals surface area contributed by atoms with E-state index in [4.69, 9.17) is 10.7 Å². The zero-order valence-corrected chi connectivity index (χ0v) is 14.1. The van der Waals surface area contributed by atoms with Crippen LogP contribution in [-0.4, -0.2) is 28.0 Å². The van der Waals surface area contributed by atoms with Crippen LogP contribution in [0.15, 0.2) is 23.7 Å². The maximum atomic E-state index is 5.78. The van der Waals surface area contributed by atoms with Gasteiger partial charge in [0.15, 0.2) is 0 Å². The molecule has 2 aromatic heterocycles. The summed E-state index contributed by atoms with van der Waals surface area (Å²) < 4.78 is 0. The minimum Gasteiger partial charge on any atom is -0.384 e. The number of pyridine rings is 1. The highest BCUT2D eigenvalue weighted by Crippen LogP contribution is 2.31. The van der Waals surface area contributed by atoms with Crippen LogP contribution in [-0.2, 0) is 6.54 Å². The summed E-state index contributed by atoms with van der Waals surface area (Å²) in [7, 11) is 0. The first-order chi connectivity index (χ1) is 10.6. The van der Waals surface area contributed by atoms with E-state index in [0.717, 1.165) is 19.6 Å². The van der Waals surface area contributed by atoms with Crippen molar-refractivity contribution in [3.05, 3.63) is 40.0 Å². The van der Waals surface area contributed by atoms with Gasteiger partial charge in [0.05, 0.1) is 10.7 Å². The Bertz CT molecular complexity index is 623. The fraction of sp³-hybridized carbons (Fsp3) is 0.529. The molecule has 0 amide bonds. The first-order valence-electron chi connectivity index (χ1n) is 8.00. The normalized spacial score (nSPS) is 19.7. The van der Waals surface area contributed by atoms with Crippen molar-refractivity contribution in [2.24, 2.45) is 0 Å². The molecule has 3 heterocycles. The predicted octanol–water partition coefficient (Wildman–Crippen LogP) is 3.62. The van der Waals surface area contributed by atoms with E-state index in [1.54, 1.807) is 6.20 Å². The molecule has 3 rings (SSSR count). The van der Waals surface area contributed by atoms with Crippen molar-refractivity contribution >= 4 is 17.2 Å². The molecule has 0 radical (unpaired) electrons. The number of hydrogen-bond acceptors (Lipinski definition) is 5. The highest BCUT2D eigenvalue weighted by molar-refractivity contribution is 7.09. The molecule has 118 valence electrons. The summed E-state index contributed by atoms with van der Waals surface area (Å²) >= 11 is 1.83. The topological polar surface area (TPSA) is 55.0 Å². The highest BCUT2D eigenvalue weighted by atomic mass is 32.1. The van der Waals surface area contributed by atoms with E-state index in [2.05, 4.69) is 35.2 Å². The third-order valence-electron chi connectivity index (χ3n) is 4.24. The minimum atomic E-state index is 0.518. The Morgan fingerprint density at radius 3 is 3.05 bits per heavy atom. The molecule has 0 saturated carbocycles. The van der Waals surface area contributed by atoms with Gasteiger partial charge >= 0.3 is 0 Å². The van der Waals surface area contributed by atoms with Crippen LogP contribution < -0.4 is 5.73 Å². The van der Waals surface area contributed by atoms with Crippen LogP contribution in [0.5, 0.6) is 0 Å². The SMILES string of the molecule is CC(C)c1csc([C@H]2CCCN(Cc3ccnc(N)c3)C2)n1. The van der Waals surface area contributed by atoms with Crippen LogP contribution in [0, 0.1) is 0 Å². The smallest absolute Gasteiger partial charge is 0.123 e. The van der Waals surface area contributed by atoms with Crippen molar-refractivity contribution in [2.75, 3.05) is 18.8 Å². The van der Waals surface area contributed by atoms with Gasteiger partial charge in [-0.05, 0) is 43.0 Å². The van der Waals surface area contributed by atoms with Gasteiger partial charge in [-0.2, -0.15) is 0 Å². The Labute approximate surface area is 136 Å². The lowest BCUT2D eigenvalue weighted by Crippen LogP contribution is -2.33. The fourth-order valence-electron chi connectivity index (χ4n) is 3.01. The largest absolute Gasteiger partial charge is 0.384 e. The Morgan fingerprint density at radius 2 is 2.32 bits per heavy atom. The predicted molar refractivity (Wildman–Crippen MR) is 92.1 cm³/mol. The molecule has 0 aliphatic carbocycles. The molecule has 1 saturated heterocycles. The van der Waals surface area contributed by atoms with Gasteiger partial charge in [-0.15, -0.1) is 11.3 Å². The van der Waals surface area contributed by atoms with Crippen LogP contribution in [0.1, 0.15) is 54.8 Å². The van der Waals surface area contributed by atoms with Gasteiger partial charge in [0, 0.05) is 30.6 Å². The molecule has 0 spiro atoms. The number of hydrogen-bond donors (Lipinski definition) is 1. The third kappa shape index (κ3) is 3.65. The number of rotatable bonds is 4. The average Bonchev–Trinajstić information content (AvgIpc) is 2.97. The second-order valence-electron chi connectivity index (χ2n) is 6.43. The molecular formula is C17H24N4S. The van der Waals surface area contributed by atoms with Gasteiger partial charge in [-0.3, -0.25) is 4.90 Å². The monoisotopic (exact) mass is 316 g/mol. The average molecular weight is 316 g/mol. The zero-order valence-electron chi connectivity index (χ0n) is 13.3. The molecule has 2 N–H and O–H groups in total. The van der Waals surface area contributed by atoms with E-state index < -0.39 is 0 Å². The summed E-state index contributed by atoms with van der Waals surface area (Å²) in [4.78, 5) is 11.4. The summed E-state index contributed by atoms with van der Waals surface area (Å²) in [6, 6.07) is 4.03. The number of anilines is 1. The second kappa shape index (κ2) is 6.75. The maximum Gasteiger partial charge on any atom is 0.123 e. The molecule has 0 aromatic carbocycles. The molecule has 4 nitrogen and oxygen atoms in total. The lowest BCUT2D eigenvalue weighted by molar-refractivity contribution is 0.200. The number of nitrogen functional groups attached to an aromatic ring is 1. The second-order valence-corrected chi connectivity index (χ2v) is 7.32. The quantitative estimate of drug-likeness (QED) is 0.936. The van der Waals surface area contributed by atoms with Crippen molar-refractivity contribution in [2.45, 2.75) is 45.1 Å². The van der Waals surface area contributed by atoms with E-state index >= 15 is 0 Å². The number of thiazole rings is 1. The summed E-state index contributed by atoms with van der Waals surface area (Å²) in [5, 5.41) is 3.53. The Morgan fingerprint density at radius 1 is 1.45 bits per heavy atom. The van der Waals surface area contributed by atoms with Crippen LogP contribution in [0.4, 0.5) is 5.82 Å². The van der Waals surface area contributed by atoms with E-state index in [9.17, 15) is 0 Å². The van der Waals surface area contributed by atoms with Crippen molar-refractivity contribution in [3.63, 3.8) is 0 Å². The van der Waals surface area contributed by atoms with Crippen molar-refractivity contribution in [1.82, 2.24) is 14.9 Å². The van der Waals surface area contributed by atoms with Gasteiger partial charge in [-0.25, -0.2) is 9.97 Å². The van der Waals surface area contributed by atoms with Gasteiger partial charge in [-0.1, -0.05) is 13.8 Å². The standard InChI is InChI=1S/C17H24N4S/c1-12(2)15-11-22-17(20-15)14-4-3-7-21(10-14)9-13-5-6-19-16(18)8-13/h5-6,8,11-12,14H,3-4,7,9-10H2,1-2H3,(H2,18,19)/t14-/m0/s1. The Hall–Kier alpha value is -1.46. The van der Waals surface area contributed by atoms with Crippen molar-refractivity contribution in [1.29, 1.82) is 0 Å². The molecule has 22 heavy (non-hydrogen) atoms.